The molecule has 0 unspecified atom stereocenters. The minimum Gasteiger partial charge on any atom is -0.456 e. The first kappa shape index (κ1) is 36.7. The van der Waals surface area contributed by atoms with Crippen LogP contribution in [0.15, 0.2) is 199 Å². The second-order valence-electron chi connectivity index (χ2n) is 14.9. The van der Waals surface area contributed by atoms with Gasteiger partial charge in [-0.25, -0.2) is 0 Å². The Kier molecular flexibility index (Phi) is 9.35. The molecule has 0 fully saturated rings. The predicted molar refractivity (Wildman–Crippen MR) is 258 cm³/mol. The first-order chi connectivity index (χ1) is 29.7. The Labute approximate surface area is 350 Å². The summed E-state index contributed by atoms with van der Waals surface area (Å²) >= 11 is 0. The molecule has 0 saturated heterocycles. The van der Waals surface area contributed by atoms with Crippen LogP contribution in [0.3, 0.4) is 0 Å². The monoisotopic (exact) mass is 772 g/mol. The molecule has 0 saturated carbocycles. The van der Waals surface area contributed by atoms with Gasteiger partial charge in [0.1, 0.15) is 11.3 Å². The van der Waals surface area contributed by atoms with E-state index in [1.165, 1.54) is 60.3 Å². The number of hydrogen-bond acceptors (Lipinski definition) is 2. The van der Waals surface area contributed by atoms with Crippen LogP contribution in [0.1, 0.15) is 32.1 Å². The molecular weight excluding hydrogens is 729 g/mol. The molecule has 11 rings (SSSR count). The molecule has 3 heterocycles. The summed E-state index contributed by atoms with van der Waals surface area (Å²) in [6.07, 6.45) is 5.85. The average molecular weight is 773 g/mol. The number of para-hydroxylation sites is 3. The minimum atomic E-state index is 0.831. The summed E-state index contributed by atoms with van der Waals surface area (Å²) in [5.74, 6) is 0.831. The number of nitrogens with zero attached hydrogens (tertiary/aromatic N) is 2. The van der Waals surface area contributed by atoms with Gasteiger partial charge in [-0.05, 0) is 95.4 Å². The summed E-state index contributed by atoms with van der Waals surface area (Å²) < 4.78 is 8.73. The van der Waals surface area contributed by atoms with Crippen molar-refractivity contribution in [1.29, 1.82) is 0 Å². The van der Waals surface area contributed by atoms with Crippen molar-refractivity contribution in [3.05, 3.63) is 206 Å². The van der Waals surface area contributed by atoms with Crippen LogP contribution in [-0.4, -0.2) is 4.40 Å². The zero-order valence-electron chi connectivity index (χ0n) is 34.1. The lowest BCUT2D eigenvalue weighted by Crippen LogP contribution is -2.09. The third-order valence-electron chi connectivity index (χ3n) is 11.7. The third kappa shape index (κ3) is 5.98. The summed E-state index contributed by atoms with van der Waals surface area (Å²) in [4.78, 5) is 2.34. The van der Waals surface area contributed by atoms with Gasteiger partial charge in [-0.1, -0.05) is 160 Å². The zero-order chi connectivity index (χ0) is 40.7. The topological polar surface area (TPSA) is 20.8 Å². The fourth-order valence-corrected chi connectivity index (χ4v) is 8.98. The van der Waals surface area contributed by atoms with Gasteiger partial charge in [-0.2, -0.15) is 0 Å². The minimum absolute atomic E-state index is 0.831. The number of rotatable bonds is 8. The van der Waals surface area contributed by atoms with Crippen LogP contribution in [0.5, 0.6) is 0 Å². The van der Waals surface area contributed by atoms with E-state index in [2.05, 4.69) is 198 Å². The second-order valence-corrected chi connectivity index (χ2v) is 14.9. The number of benzene rings is 8. The maximum Gasteiger partial charge on any atom is 0.136 e. The van der Waals surface area contributed by atoms with Crippen molar-refractivity contribution in [2.45, 2.75) is 20.8 Å². The molecule has 0 aliphatic rings. The molecule has 3 heteroatoms. The van der Waals surface area contributed by atoms with Crippen molar-refractivity contribution in [1.82, 2.24) is 4.40 Å². The van der Waals surface area contributed by atoms with Crippen molar-refractivity contribution < 1.29 is 4.42 Å². The smallest absolute Gasteiger partial charge is 0.136 e. The third-order valence-corrected chi connectivity index (χ3v) is 11.7. The number of hydrogen-bond donors (Lipinski definition) is 0. The van der Waals surface area contributed by atoms with Crippen LogP contribution in [0.4, 0.5) is 17.1 Å². The summed E-state index contributed by atoms with van der Waals surface area (Å²) in [5.41, 5.74) is 15.9. The molecule has 8 aromatic carbocycles. The summed E-state index contributed by atoms with van der Waals surface area (Å²) in [5, 5.41) is 6.22. The predicted octanol–water partition coefficient (Wildman–Crippen LogP) is 16.8. The van der Waals surface area contributed by atoms with E-state index in [4.69, 9.17) is 4.42 Å². The molecule has 11 aromatic rings. The van der Waals surface area contributed by atoms with Crippen LogP contribution in [0.2, 0.25) is 0 Å². The molecule has 0 radical (unpaired) electrons. The van der Waals surface area contributed by atoms with Crippen LogP contribution in [0.25, 0.3) is 94.6 Å². The number of furan rings is 1. The number of anilines is 3. The van der Waals surface area contributed by atoms with Gasteiger partial charge in [0.25, 0.3) is 0 Å². The van der Waals surface area contributed by atoms with E-state index in [0.29, 0.717) is 0 Å². The Morgan fingerprint density at radius 1 is 0.483 bits per heavy atom. The first-order valence-electron chi connectivity index (χ1n) is 20.8. The van der Waals surface area contributed by atoms with Crippen molar-refractivity contribution in [2.24, 2.45) is 0 Å². The maximum absolute atomic E-state index is 6.26. The molecule has 0 atom stereocenters. The molecule has 0 amide bonds. The molecule has 3 nitrogen and oxygen atoms in total. The lowest BCUT2D eigenvalue weighted by molar-refractivity contribution is 0.603. The van der Waals surface area contributed by atoms with Gasteiger partial charge < -0.3 is 13.7 Å². The first-order valence-corrected chi connectivity index (χ1v) is 20.8. The SMILES string of the molecule is C=Cc1c(/C=C\C)oc2cc(-c3ccc(N(c4ccc(-c5ccccc5)cc4)c4ccc(-c5cccc6c7cccc8c9ccccc9n(c56)c87)cc4)cc3)ccc12.CC. The van der Waals surface area contributed by atoms with Gasteiger partial charge in [-0.3, -0.25) is 0 Å². The number of allylic oxidation sites excluding steroid dienone is 1. The molecule has 0 aliphatic carbocycles. The fourth-order valence-electron chi connectivity index (χ4n) is 8.98. The van der Waals surface area contributed by atoms with Crippen molar-refractivity contribution >= 4 is 78.3 Å². The average Bonchev–Trinajstić information content (AvgIpc) is 3.97. The highest BCUT2D eigenvalue weighted by Gasteiger charge is 2.20. The Balaban J connectivity index is 0.00000213. The summed E-state index contributed by atoms with van der Waals surface area (Å²) in [6.45, 7) is 10.0. The number of aromatic nitrogens is 1. The van der Waals surface area contributed by atoms with E-state index in [0.717, 1.165) is 50.5 Å². The van der Waals surface area contributed by atoms with Gasteiger partial charge in [0.2, 0.25) is 0 Å². The highest BCUT2D eigenvalue weighted by atomic mass is 16.3. The number of fused-ring (bicyclic) bond motifs is 7. The molecule has 60 heavy (non-hydrogen) atoms. The molecule has 288 valence electrons. The van der Waals surface area contributed by atoms with E-state index in [1.54, 1.807) is 0 Å². The van der Waals surface area contributed by atoms with Crippen molar-refractivity contribution in [3.8, 4) is 33.4 Å². The Hall–Kier alpha value is -7.62. The van der Waals surface area contributed by atoms with Gasteiger partial charge in [0, 0.05) is 55.1 Å². The normalized spacial score (nSPS) is 11.6. The van der Waals surface area contributed by atoms with E-state index in [9.17, 15) is 0 Å². The van der Waals surface area contributed by atoms with Crippen molar-refractivity contribution in [3.63, 3.8) is 0 Å². The Morgan fingerprint density at radius 3 is 1.65 bits per heavy atom. The van der Waals surface area contributed by atoms with Crippen LogP contribution in [-0.2, 0) is 0 Å². The van der Waals surface area contributed by atoms with Gasteiger partial charge in [0.15, 0.2) is 0 Å². The van der Waals surface area contributed by atoms with Gasteiger partial charge in [-0.15, -0.1) is 0 Å². The van der Waals surface area contributed by atoms with E-state index in [1.807, 2.05) is 39.0 Å². The summed E-state index contributed by atoms with van der Waals surface area (Å²) in [7, 11) is 0. The fraction of sp³-hybridized carbons (Fsp3) is 0.0526. The van der Waals surface area contributed by atoms with E-state index in [-0.39, 0.29) is 0 Å². The van der Waals surface area contributed by atoms with Crippen LogP contribution < -0.4 is 4.90 Å². The molecule has 0 aliphatic heterocycles. The highest BCUT2D eigenvalue weighted by molar-refractivity contribution is 6.25. The molecule has 0 spiro atoms. The largest absolute Gasteiger partial charge is 0.456 e. The Morgan fingerprint density at radius 2 is 1.00 bits per heavy atom. The lowest BCUT2D eigenvalue weighted by Gasteiger charge is -2.26. The van der Waals surface area contributed by atoms with Crippen LogP contribution >= 0.6 is 0 Å². The van der Waals surface area contributed by atoms with E-state index >= 15 is 0 Å². The highest BCUT2D eigenvalue weighted by Crippen LogP contribution is 2.43. The van der Waals surface area contributed by atoms with Crippen LogP contribution in [0, 0.1) is 0 Å². The van der Waals surface area contributed by atoms with Gasteiger partial charge in [0.05, 0.1) is 16.6 Å². The zero-order valence-corrected chi connectivity index (χ0v) is 34.1. The molecule has 0 bridgehead atoms. The Bertz CT molecular complexity index is 3330. The maximum atomic E-state index is 6.26. The molecule has 3 aromatic heterocycles. The quantitative estimate of drug-likeness (QED) is 0.153. The summed E-state index contributed by atoms with van der Waals surface area (Å²) in [6, 6.07) is 65.9. The van der Waals surface area contributed by atoms with Crippen molar-refractivity contribution in [2.75, 3.05) is 4.90 Å². The second kappa shape index (κ2) is 15.3. The van der Waals surface area contributed by atoms with E-state index < -0.39 is 0 Å². The molecule has 0 N–H and O–H groups in total. The van der Waals surface area contributed by atoms with Gasteiger partial charge >= 0.3 is 0 Å². The molecular formula is C57H44N2O. The lowest BCUT2D eigenvalue weighted by atomic mass is 10.00. The standard InChI is InChI=1S/C55H38N2O.C2H6/c1-3-12-52-44(4-2)47-34-27-40(35-53(47)58-52)38-23-30-42(31-24-38)56(41-28-21-37(22-29-41)36-13-6-5-7-14-36)43-32-25-39(26-33-43)45-16-10-18-49-50-19-11-17-48-46-15-8-9-20-51(46)57(54(45)49)55(48)50;1-2/h3-35H,2H2,1H3;1-2H3/b12-3-;.